The summed E-state index contributed by atoms with van der Waals surface area (Å²) in [5.41, 5.74) is 4.77. The third kappa shape index (κ3) is 5.00. The molecule has 8 nitrogen and oxygen atoms in total. The fourth-order valence-electron chi connectivity index (χ4n) is 3.73. The molecule has 9 heteroatoms. The van der Waals surface area contributed by atoms with Gasteiger partial charge in [0.05, 0.1) is 17.4 Å². The summed E-state index contributed by atoms with van der Waals surface area (Å²) >= 11 is 0. The maximum atomic E-state index is 13.1. The molecule has 0 saturated heterocycles. The van der Waals surface area contributed by atoms with Gasteiger partial charge in [-0.1, -0.05) is 0 Å². The zero-order chi connectivity index (χ0) is 25.1. The lowest BCUT2D eigenvalue weighted by Gasteiger charge is -2.09. The number of carbonyl (C=O) groups is 2. The lowest BCUT2D eigenvalue weighted by Crippen LogP contribution is -2.12. The van der Waals surface area contributed by atoms with Crippen LogP contribution in [0.15, 0.2) is 97.2 Å². The van der Waals surface area contributed by atoms with E-state index in [0.29, 0.717) is 16.9 Å². The molecule has 0 unspecified atom stereocenters. The Labute approximate surface area is 205 Å². The summed E-state index contributed by atoms with van der Waals surface area (Å²) in [5.74, 6) is -0.595. The minimum atomic E-state index is -1.17. The van der Waals surface area contributed by atoms with E-state index in [9.17, 15) is 14.0 Å². The van der Waals surface area contributed by atoms with Gasteiger partial charge in [-0.2, -0.15) is 5.10 Å². The second-order valence-electron chi connectivity index (χ2n) is 7.97. The van der Waals surface area contributed by atoms with Crippen molar-refractivity contribution in [2.75, 3.05) is 16.0 Å². The number of hydrogen-bond acceptors (Lipinski definition) is 4. The average Bonchev–Trinajstić information content (AvgIpc) is 3.29. The fraction of sp³-hybridized carbons (Fsp3) is 0. The van der Waals surface area contributed by atoms with Gasteiger partial charge < -0.3 is 15.7 Å². The molecule has 0 spiro atoms. The van der Waals surface area contributed by atoms with Gasteiger partial charge in [0.2, 0.25) is 0 Å². The molecule has 0 aliphatic rings. The van der Waals surface area contributed by atoms with Gasteiger partial charge in [-0.25, -0.2) is 13.9 Å². The molecular weight excluding hydrogens is 461 g/mol. The normalized spacial score (nSPS) is 10.7. The van der Waals surface area contributed by atoms with Crippen LogP contribution in [0.25, 0.3) is 16.6 Å². The van der Waals surface area contributed by atoms with Crippen LogP contribution in [0.5, 0.6) is 0 Å². The van der Waals surface area contributed by atoms with Crippen LogP contribution in [0.3, 0.4) is 0 Å². The first-order chi connectivity index (χ1) is 17.4. The van der Waals surface area contributed by atoms with Crippen LogP contribution < -0.4 is 16.0 Å². The number of nitrogens with one attached hydrogen (secondary N) is 3. The lowest BCUT2D eigenvalue weighted by atomic mass is 10.2. The first-order valence-corrected chi connectivity index (χ1v) is 11.0. The van der Waals surface area contributed by atoms with Crippen LogP contribution in [-0.4, -0.2) is 26.9 Å². The van der Waals surface area contributed by atoms with Gasteiger partial charge in [0.25, 0.3) is 5.91 Å². The molecule has 36 heavy (non-hydrogen) atoms. The maximum Gasteiger partial charge on any atom is 0.409 e. The Bertz CT molecular complexity index is 1550. The van der Waals surface area contributed by atoms with Gasteiger partial charge in [0, 0.05) is 33.7 Å². The summed E-state index contributed by atoms with van der Waals surface area (Å²) in [6, 6.07) is 25.4. The second-order valence-corrected chi connectivity index (χ2v) is 7.97. The number of halogens is 1. The number of anilines is 4. The van der Waals surface area contributed by atoms with Crippen molar-refractivity contribution in [3.63, 3.8) is 0 Å². The Morgan fingerprint density at radius 2 is 1.36 bits per heavy atom. The average molecular weight is 481 g/mol. The van der Waals surface area contributed by atoms with Crippen molar-refractivity contribution in [2.24, 2.45) is 0 Å². The number of carboxylic acid groups (broad SMARTS) is 1. The molecule has 0 bridgehead atoms. The van der Waals surface area contributed by atoms with Crippen LogP contribution in [0.4, 0.5) is 31.9 Å². The molecule has 5 rings (SSSR count). The van der Waals surface area contributed by atoms with Crippen molar-refractivity contribution in [3.05, 3.63) is 109 Å². The molecular formula is C27H20FN5O3. The van der Waals surface area contributed by atoms with Crippen molar-refractivity contribution in [1.29, 1.82) is 0 Å². The van der Waals surface area contributed by atoms with Crippen molar-refractivity contribution in [2.45, 2.75) is 0 Å². The van der Waals surface area contributed by atoms with Crippen molar-refractivity contribution >= 4 is 45.7 Å². The fourth-order valence-corrected chi connectivity index (χ4v) is 3.73. The highest BCUT2D eigenvalue weighted by atomic mass is 19.1. The SMILES string of the molecule is O=C(O)Nc1ccc(C(=O)Nc2ccc(-n3ncc4cc(Nc5ccc(F)cc5)ccc43)cc2)cc1. The van der Waals surface area contributed by atoms with E-state index in [1.807, 2.05) is 30.3 Å². The van der Waals surface area contributed by atoms with Crippen LogP contribution in [0.1, 0.15) is 10.4 Å². The van der Waals surface area contributed by atoms with Crippen molar-refractivity contribution in [3.8, 4) is 5.69 Å². The van der Waals surface area contributed by atoms with Gasteiger partial charge in [-0.3, -0.25) is 10.1 Å². The molecule has 178 valence electrons. The van der Waals surface area contributed by atoms with E-state index >= 15 is 0 Å². The number of benzene rings is 4. The predicted octanol–water partition coefficient (Wildman–Crippen LogP) is 6.25. The third-order valence-electron chi connectivity index (χ3n) is 5.47. The van der Waals surface area contributed by atoms with E-state index < -0.39 is 6.09 Å². The van der Waals surface area contributed by atoms with Crippen molar-refractivity contribution < 1.29 is 19.1 Å². The number of amides is 2. The monoisotopic (exact) mass is 481 g/mol. The molecule has 0 aliphatic carbocycles. The summed E-state index contributed by atoms with van der Waals surface area (Å²) in [7, 11) is 0. The van der Waals surface area contributed by atoms with Crippen LogP contribution in [0, 0.1) is 5.82 Å². The van der Waals surface area contributed by atoms with E-state index in [-0.39, 0.29) is 11.7 Å². The highest BCUT2D eigenvalue weighted by molar-refractivity contribution is 6.04. The molecule has 4 N–H and O–H groups in total. The first kappa shape index (κ1) is 22.6. The van der Waals surface area contributed by atoms with E-state index in [1.165, 1.54) is 24.3 Å². The molecule has 0 radical (unpaired) electrons. The summed E-state index contributed by atoms with van der Waals surface area (Å²) in [4.78, 5) is 23.2. The number of carbonyl (C=O) groups excluding carboxylic acids is 1. The van der Waals surface area contributed by atoms with E-state index in [2.05, 4.69) is 21.0 Å². The van der Waals surface area contributed by atoms with Gasteiger partial charge in [0.15, 0.2) is 0 Å². The Kier molecular flexibility index (Phi) is 6.02. The van der Waals surface area contributed by atoms with Crippen LogP contribution >= 0.6 is 0 Å². The van der Waals surface area contributed by atoms with Gasteiger partial charge >= 0.3 is 6.09 Å². The van der Waals surface area contributed by atoms with Crippen LogP contribution in [-0.2, 0) is 0 Å². The summed E-state index contributed by atoms with van der Waals surface area (Å²) in [6.45, 7) is 0. The second kappa shape index (κ2) is 9.59. The summed E-state index contributed by atoms with van der Waals surface area (Å²) in [5, 5.41) is 22.5. The number of rotatable bonds is 6. The molecule has 2 amide bonds. The maximum absolute atomic E-state index is 13.1. The topological polar surface area (TPSA) is 108 Å². The number of fused-ring (bicyclic) bond motifs is 1. The Balaban J connectivity index is 1.28. The zero-order valence-electron chi connectivity index (χ0n) is 18.8. The number of nitrogens with zero attached hydrogens (tertiary/aromatic N) is 2. The van der Waals surface area contributed by atoms with Gasteiger partial charge in [0.1, 0.15) is 5.82 Å². The Morgan fingerprint density at radius 1 is 0.750 bits per heavy atom. The molecule has 1 heterocycles. The highest BCUT2D eigenvalue weighted by Crippen LogP contribution is 2.25. The first-order valence-electron chi connectivity index (χ1n) is 11.0. The standard InChI is InChI=1S/C27H20FN5O3/c28-19-3-7-20(8-4-19)30-23-11-14-25-18(15-23)16-29-33(25)24-12-9-21(10-13-24)31-26(34)17-1-5-22(6-2-17)32-27(35)36/h1-16,30,32H,(H,31,34)(H,35,36). The molecule has 0 aliphatic heterocycles. The quantitative estimate of drug-likeness (QED) is 0.229. The molecule has 5 aromatic rings. The van der Waals surface area contributed by atoms with Gasteiger partial charge in [-0.15, -0.1) is 0 Å². The predicted molar refractivity (Wildman–Crippen MR) is 137 cm³/mol. The Hall–Kier alpha value is -5.18. The summed E-state index contributed by atoms with van der Waals surface area (Å²) in [6.07, 6.45) is 0.600. The van der Waals surface area contributed by atoms with E-state index in [1.54, 1.807) is 47.3 Å². The largest absolute Gasteiger partial charge is 0.465 e. The lowest BCUT2D eigenvalue weighted by molar-refractivity contribution is 0.102. The smallest absolute Gasteiger partial charge is 0.409 e. The number of hydrogen-bond donors (Lipinski definition) is 4. The Morgan fingerprint density at radius 3 is 2.06 bits per heavy atom. The summed E-state index contributed by atoms with van der Waals surface area (Å²) < 4.78 is 14.9. The molecule has 0 fully saturated rings. The number of aromatic nitrogens is 2. The minimum absolute atomic E-state index is 0.285. The van der Waals surface area contributed by atoms with Crippen molar-refractivity contribution in [1.82, 2.24) is 9.78 Å². The molecule has 0 atom stereocenters. The molecule has 1 aromatic heterocycles. The molecule has 4 aromatic carbocycles. The van der Waals surface area contributed by atoms with E-state index in [0.717, 1.165) is 28.0 Å². The zero-order valence-corrected chi connectivity index (χ0v) is 18.8. The van der Waals surface area contributed by atoms with Gasteiger partial charge in [-0.05, 0) is 91.0 Å². The third-order valence-corrected chi connectivity index (χ3v) is 5.47. The molecule has 0 saturated carbocycles. The minimum Gasteiger partial charge on any atom is -0.465 e. The van der Waals surface area contributed by atoms with Crippen LogP contribution in [0.2, 0.25) is 0 Å². The highest BCUT2D eigenvalue weighted by Gasteiger charge is 2.09. The van der Waals surface area contributed by atoms with E-state index in [4.69, 9.17) is 5.11 Å².